The van der Waals surface area contributed by atoms with E-state index in [1.54, 1.807) is 6.07 Å². The lowest BCUT2D eigenvalue weighted by molar-refractivity contribution is -0.149. The first-order chi connectivity index (χ1) is 14.4. The maximum atomic E-state index is 12.2. The number of aryl methyl sites for hydroxylation is 1. The smallest absolute Gasteiger partial charge is 0.344 e. The molecule has 1 amide bonds. The van der Waals surface area contributed by atoms with E-state index in [9.17, 15) is 14.9 Å². The summed E-state index contributed by atoms with van der Waals surface area (Å²) in [5, 5.41) is 12.6. The second kappa shape index (κ2) is 8.00. The van der Waals surface area contributed by atoms with Crippen molar-refractivity contribution in [3.63, 3.8) is 0 Å². The van der Waals surface area contributed by atoms with Crippen LogP contribution in [0.3, 0.4) is 0 Å². The standard InChI is InChI=1S/C22H22N2O5S/c1-22(2)9-13-5-3-7-16(20(13)29-22)27-12-19(26)28-11-18(25)24-21-15(10-23)14-6-4-8-17(14)30-21/h3,5,7H,4,6,8-9,11-12H2,1-2H3,(H,24,25). The molecular formula is C22H22N2O5S. The van der Waals surface area contributed by atoms with E-state index in [-0.39, 0.29) is 12.2 Å². The molecule has 0 unspecified atom stereocenters. The number of fused-ring (bicyclic) bond motifs is 2. The van der Waals surface area contributed by atoms with Crippen LogP contribution in [0.4, 0.5) is 5.00 Å². The fourth-order valence-corrected chi connectivity index (χ4v) is 5.05. The number of ether oxygens (including phenoxy) is 3. The fourth-order valence-electron chi connectivity index (χ4n) is 3.80. The number of nitrogens with zero attached hydrogens (tertiary/aromatic N) is 1. The van der Waals surface area contributed by atoms with Gasteiger partial charge in [0, 0.05) is 16.9 Å². The van der Waals surface area contributed by atoms with Gasteiger partial charge in [0.2, 0.25) is 0 Å². The average Bonchev–Trinajstić information content (AvgIpc) is 3.35. The number of thiophene rings is 1. The van der Waals surface area contributed by atoms with Crippen molar-refractivity contribution in [1.29, 1.82) is 5.26 Å². The summed E-state index contributed by atoms with van der Waals surface area (Å²) in [5.74, 6) is -0.0197. The van der Waals surface area contributed by atoms with Crippen LogP contribution in [-0.2, 0) is 33.6 Å². The molecule has 0 bridgehead atoms. The van der Waals surface area contributed by atoms with Crippen LogP contribution in [0.15, 0.2) is 18.2 Å². The molecule has 7 nitrogen and oxygen atoms in total. The summed E-state index contributed by atoms with van der Waals surface area (Å²) in [5.41, 5.74) is 2.27. The second-order valence-electron chi connectivity index (χ2n) is 7.95. The highest BCUT2D eigenvalue weighted by molar-refractivity contribution is 7.16. The molecule has 156 valence electrons. The van der Waals surface area contributed by atoms with Crippen molar-refractivity contribution in [2.24, 2.45) is 0 Å². The monoisotopic (exact) mass is 426 g/mol. The largest absolute Gasteiger partial charge is 0.483 e. The highest BCUT2D eigenvalue weighted by Gasteiger charge is 2.32. The molecule has 0 saturated heterocycles. The van der Waals surface area contributed by atoms with Crippen LogP contribution in [0.25, 0.3) is 0 Å². The van der Waals surface area contributed by atoms with Gasteiger partial charge in [-0.2, -0.15) is 5.26 Å². The topological polar surface area (TPSA) is 97.6 Å². The number of rotatable bonds is 6. The lowest BCUT2D eigenvalue weighted by Crippen LogP contribution is -2.25. The van der Waals surface area contributed by atoms with E-state index in [0.29, 0.717) is 22.1 Å². The minimum absolute atomic E-state index is 0.315. The third-order valence-corrected chi connectivity index (χ3v) is 6.26. The van der Waals surface area contributed by atoms with Crippen molar-refractivity contribution < 1.29 is 23.8 Å². The number of esters is 1. The van der Waals surface area contributed by atoms with E-state index in [1.807, 2.05) is 26.0 Å². The van der Waals surface area contributed by atoms with E-state index in [2.05, 4.69) is 11.4 Å². The molecule has 0 spiro atoms. The van der Waals surface area contributed by atoms with Gasteiger partial charge in [-0.1, -0.05) is 12.1 Å². The third kappa shape index (κ3) is 4.12. The molecule has 1 N–H and O–H groups in total. The fraction of sp³-hybridized carbons (Fsp3) is 0.409. The van der Waals surface area contributed by atoms with E-state index in [0.717, 1.165) is 41.7 Å². The number of nitriles is 1. The number of carbonyl (C=O) groups is 2. The zero-order valence-corrected chi connectivity index (χ0v) is 17.7. The highest BCUT2D eigenvalue weighted by Crippen LogP contribution is 2.41. The van der Waals surface area contributed by atoms with Gasteiger partial charge >= 0.3 is 5.97 Å². The molecule has 4 rings (SSSR count). The minimum atomic E-state index is -0.658. The van der Waals surface area contributed by atoms with Crippen LogP contribution in [0.1, 0.15) is 41.8 Å². The molecule has 0 saturated carbocycles. The summed E-state index contributed by atoms with van der Waals surface area (Å²) >= 11 is 1.42. The molecule has 30 heavy (non-hydrogen) atoms. The summed E-state index contributed by atoms with van der Waals surface area (Å²) in [7, 11) is 0. The Morgan fingerprint density at radius 3 is 2.93 bits per heavy atom. The molecule has 1 aromatic carbocycles. The molecule has 8 heteroatoms. The molecule has 0 fully saturated rings. The Morgan fingerprint density at radius 1 is 1.30 bits per heavy atom. The first-order valence-corrected chi connectivity index (χ1v) is 10.6. The number of hydrogen-bond donors (Lipinski definition) is 1. The van der Waals surface area contributed by atoms with Crippen LogP contribution in [-0.4, -0.2) is 30.7 Å². The van der Waals surface area contributed by atoms with Crippen molar-refractivity contribution in [2.45, 2.75) is 45.1 Å². The first-order valence-electron chi connectivity index (χ1n) is 9.80. The van der Waals surface area contributed by atoms with Crippen LogP contribution in [0, 0.1) is 11.3 Å². The summed E-state index contributed by atoms with van der Waals surface area (Å²) in [6.45, 7) is 3.21. The molecule has 2 heterocycles. The van der Waals surface area contributed by atoms with Crippen molar-refractivity contribution in [3.05, 3.63) is 39.8 Å². The molecule has 2 aliphatic rings. The van der Waals surface area contributed by atoms with E-state index >= 15 is 0 Å². The maximum absolute atomic E-state index is 12.2. The normalized spacial score (nSPS) is 15.5. The van der Waals surface area contributed by atoms with Crippen LogP contribution < -0.4 is 14.8 Å². The number of nitrogens with one attached hydrogen (secondary N) is 1. The van der Waals surface area contributed by atoms with Gasteiger partial charge in [-0.15, -0.1) is 11.3 Å². The zero-order valence-electron chi connectivity index (χ0n) is 16.9. The lowest BCUT2D eigenvalue weighted by Gasteiger charge is -2.18. The van der Waals surface area contributed by atoms with Crippen molar-refractivity contribution >= 4 is 28.2 Å². The van der Waals surface area contributed by atoms with Gasteiger partial charge in [-0.3, -0.25) is 4.79 Å². The molecule has 1 aromatic heterocycles. The lowest BCUT2D eigenvalue weighted by atomic mass is 10.0. The second-order valence-corrected chi connectivity index (χ2v) is 9.06. The Morgan fingerprint density at radius 2 is 2.13 bits per heavy atom. The molecule has 1 aliphatic carbocycles. The Hall–Kier alpha value is -3.05. The Bertz CT molecular complexity index is 1050. The summed E-state index contributed by atoms with van der Waals surface area (Å²) < 4.78 is 16.5. The summed E-state index contributed by atoms with van der Waals surface area (Å²) in [4.78, 5) is 25.3. The Kier molecular flexibility index (Phi) is 5.39. The predicted octanol–water partition coefficient (Wildman–Crippen LogP) is 3.38. The average molecular weight is 426 g/mol. The Labute approximate surface area is 178 Å². The molecular weight excluding hydrogens is 404 g/mol. The van der Waals surface area contributed by atoms with Crippen molar-refractivity contribution in [1.82, 2.24) is 0 Å². The van der Waals surface area contributed by atoms with Gasteiger partial charge in [-0.25, -0.2) is 4.79 Å². The quantitative estimate of drug-likeness (QED) is 0.711. The first kappa shape index (κ1) is 20.2. The van der Waals surface area contributed by atoms with E-state index in [4.69, 9.17) is 14.2 Å². The van der Waals surface area contributed by atoms with Crippen LogP contribution in [0.5, 0.6) is 11.5 Å². The molecule has 1 aliphatic heterocycles. The number of carbonyl (C=O) groups excluding carboxylic acids is 2. The Balaban J connectivity index is 1.28. The van der Waals surface area contributed by atoms with Gasteiger partial charge < -0.3 is 19.5 Å². The van der Waals surface area contributed by atoms with Crippen molar-refractivity contribution in [2.75, 3.05) is 18.5 Å². The number of para-hydroxylation sites is 1. The third-order valence-electron chi connectivity index (χ3n) is 5.05. The van der Waals surface area contributed by atoms with Crippen LogP contribution in [0.2, 0.25) is 0 Å². The molecule has 2 aromatic rings. The predicted molar refractivity (Wildman–Crippen MR) is 111 cm³/mol. The van der Waals surface area contributed by atoms with Crippen LogP contribution >= 0.6 is 11.3 Å². The van der Waals surface area contributed by atoms with Gasteiger partial charge in [0.15, 0.2) is 24.7 Å². The zero-order chi connectivity index (χ0) is 21.3. The van der Waals surface area contributed by atoms with E-state index < -0.39 is 18.5 Å². The summed E-state index contributed by atoms with van der Waals surface area (Å²) in [6.07, 6.45) is 3.60. The highest BCUT2D eigenvalue weighted by atomic mass is 32.1. The summed E-state index contributed by atoms with van der Waals surface area (Å²) in [6, 6.07) is 7.72. The number of benzene rings is 1. The van der Waals surface area contributed by atoms with Gasteiger partial charge in [0.1, 0.15) is 16.7 Å². The minimum Gasteiger partial charge on any atom is -0.483 e. The number of amides is 1. The molecule has 0 radical (unpaired) electrons. The van der Waals surface area contributed by atoms with Gasteiger partial charge in [-0.05, 0) is 44.7 Å². The van der Waals surface area contributed by atoms with Gasteiger partial charge in [0.05, 0.1) is 5.56 Å². The van der Waals surface area contributed by atoms with Gasteiger partial charge in [0.25, 0.3) is 5.91 Å². The number of hydrogen-bond acceptors (Lipinski definition) is 7. The number of anilines is 1. The molecule has 0 atom stereocenters. The maximum Gasteiger partial charge on any atom is 0.344 e. The SMILES string of the molecule is CC1(C)Cc2cccc(OCC(=O)OCC(=O)Nc3sc4c(c3C#N)CCC4)c2O1. The van der Waals surface area contributed by atoms with Crippen molar-refractivity contribution in [3.8, 4) is 17.6 Å². The van der Waals surface area contributed by atoms with E-state index in [1.165, 1.54) is 11.3 Å².